The first-order valence-electron chi connectivity index (χ1n) is 6.98. The molecule has 0 spiro atoms. The van der Waals surface area contributed by atoms with Gasteiger partial charge >= 0.3 is 6.18 Å². The summed E-state index contributed by atoms with van der Waals surface area (Å²) in [4.78, 5) is 13.6. The Kier molecular flexibility index (Phi) is 4.46. The van der Waals surface area contributed by atoms with E-state index >= 15 is 0 Å². The molecule has 1 amide bonds. The fourth-order valence-corrected chi connectivity index (χ4v) is 2.63. The van der Waals surface area contributed by atoms with E-state index in [0.29, 0.717) is 5.69 Å². The fraction of sp³-hybridized carbons (Fsp3) is 0.357. The Hall–Kier alpha value is -2.13. The summed E-state index contributed by atoms with van der Waals surface area (Å²) in [7, 11) is 0. The lowest BCUT2D eigenvalue weighted by atomic mass is 10.1. The van der Waals surface area contributed by atoms with Crippen molar-refractivity contribution in [1.29, 1.82) is 0 Å². The van der Waals surface area contributed by atoms with Crippen molar-refractivity contribution < 1.29 is 22.7 Å². The Bertz CT molecular complexity index is 736. The SMILES string of the molecule is O=C(c1ccc(-n2cnnc2)cc1Cl)N1CCO[C@H](C(F)(F)F)C1. The van der Waals surface area contributed by atoms with E-state index in [-0.39, 0.29) is 23.7 Å². The van der Waals surface area contributed by atoms with Crippen molar-refractivity contribution in [2.45, 2.75) is 12.3 Å². The van der Waals surface area contributed by atoms with Gasteiger partial charge < -0.3 is 9.64 Å². The van der Waals surface area contributed by atoms with Gasteiger partial charge in [-0.1, -0.05) is 11.6 Å². The highest BCUT2D eigenvalue weighted by atomic mass is 35.5. The maximum atomic E-state index is 12.8. The van der Waals surface area contributed by atoms with Crippen LogP contribution < -0.4 is 0 Å². The average molecular weight is 361 g/mol. The minimum absolute atomic E-state index is 0.0783. The molecule has 0 N–H and O–H groups in total. The molecule has 2 aromatic rings. The Morgan fingerprint density at radius 1 is 1.29 bits per heavy atom. The topological polar surface area (TPSA) is 60.2 Å². The molecule has 1 aliphatic rings. The van der Waals surface area contributed by atoms with Crippen LogP contribution in [0.15, 0.2) is 30.9 Å². The molecular formula is C14H12ClF3N4O2. The van der Waals surface area contributed by atoms with E-state index in [4.69, 9.17) is 11.6 Å². The molecule has 1 fully saturated rings. The second kappa shape index (κ2) is 6.40. The van der Waals surface area contributed by atoms with Gasteiger partial charge in [-0.2, -0.15) is 13.2 Å². The summed E-state index contributed by atoms with van der Waals surface area (Å²) in [6.07, 6.45) is -3.57. The molecule has 0 unspecified atom stereocenters. The van der Waals surface area contributed by atoms with Gasteiger partial charge in [-0.3, -0.25) is 9.36 Å². The van der Waals surface area contributed by atoms with Gasteiger partial charge in [-0.25, -0.2) is 0 Å². The van der Waals surface area contributed by atoms with Crippen molar-refractivity contribution in [2.24, 2.45) is 0 Å². The van der Waals surface area contributed by atoms with Crippen LogP contribution in [0.4, 0.5) is 13.2 Å². The molecule has 3 rings (SSSR count). The smallest absolute Gasteiger partial charge is 0.365 e. The Labute approximate surface area is 139 Å². The van der Waals surface area contributed by atoms with Crippen molar-refractivity contribution in [2.75, 3.05) is 19.7 Å². The normalized spacial score (nSPS) is 18.7. The van der Waals surface area contributed by atoms with Gasteiger partial charge in [0, 0.05) is 12.2 Å². The number of nitrogens with zero attached hydrogens (tertiary/aromatic N) is 4. The number of morpholine rings is 1. The van der Waals surface area contributed by atoms with Crippen LogP contribution in [0, 0.1) is 0 Å². The zero-order valence-corrected chi connectivity index (χ0v) is 13.0. The lowest BCUT2D eigenvalue weighted by Gasteiger charge is -2.34. The van der Waals surface area contributed by atoms with Gasteiger partial charge in [0.2, 0.25) is 0 Å². The van der Waals surface area contributed by atoms with Crippen molar-refractivity contribution >= 4 is 17.5 Å². The molecule has 10 heteroatoms. The van der Waals surface area contributed by atoms with E-state index in [2.05, 4.69) is 14.9 Å². The van der Waals surface area contributed by atoms with Gasteiger partial charge in [-0.15, -0.1) is 10.2 Å². The van der Waals surface area contributed by atoms with E-state index in [1.165, 1.54) is 24.8 Å². The molecule has 0 saturated carbocycles. The van der Waals surface area contributed by atoms with Crippen LogP contribution in [0.5, 0.6) is 0 Å². The highest BCUT2D eigenvalue weighted by Gasteiger charge is 2.44. The first kappa shape index (κ1) is 16.7. The zero-order valence-electron chi connectivity index (χ0n) is 12.2. The maximum absolute atomic E-state index is 12.8. The summed E-state index contributed by atoms with van der Waals surface area (Å²) in [5.41, 5.74) is 0.771. The summed E-state index contributed by atoms with van der Waals surface area (Å²) >= 11 is 6.13. The van der Waals surface area contributed by atoms with Crippen molar-refractivity contribution in [3.05, 3.63) is 41.4 Å². The molecule has 2 heterocycles. The number of aromatic nitrogens is 3. The average Bonchev–Trinajstić information content (AvgIpc) is 3.08. The predicted octanol–water partition coefficient (Wildman–Crippen LogP) is 2.32. The highest BCUT2D eigenvalue weighted by molar-refractivity contribution is 6.34. The molecule has 0 aliphatic carbocycles. The van der Waals surface area contributed by atoms with Crippen molar-refractivity contribution in [3.63, 3.8) is 0 Å². The zero-order chi connectivity index (χ0) is 17.3. The van der Waals surface area contributed by atoms with Crippen LogP contribution in [-0.4, -0.2) is 57.5 Å². The molecule has 1 aromatic heterocycles. The number of amides is 1. The molecule has 0 bridgehead atoms. The summed E-state index contributed by atoms with van der Waals surface area (Å²) in [6.45, 7) is -0.646. The number of carbonyl (C=O) groups excluding carboxylic acids is 1. The molecule has 0 radical (unpaired) electrons. The predicted molar refractivity (Wildman–Crippen MR) is 78.1 cm³/mol. The van der Waals surface area contributed by atoms with Crippen LogP contribution in [0.2, 0.25) is 5.02 Å². The molecule has 24 heavy (non-hydrogen) atoms. The maximum Gasteiger partial charge on any atom is 0.416 e. The van der Waals surface area contributed by atoms with E-state index in [1.54, 1.807) is 10.6 Å². The fourth-order valence-electron chi connectivity index (χ4n) is 2.37. The number of carbonyl (C=O) groups is 1. The molecule has 1 atom stereocenters. The quantitative estimate of drug-likeness (QED) is 0.824. The van der Waals surface area contributed by atoms with Crippen LogP contribution >= 0.6 is 11.6 Å². The molecule has 1 aliphatic heterocycles. The van der Waals surface area contributed by atoms with Gasteiger partial charge in [0.1, 0.15) is 12.7 Å². The largest absolute Gasteiger partial charge is 0.416 e. The lowest BCUT2D eigenvalue weighted by Crippen LogP contribution is -2.51. The van der Waals surface area contributed by atoms with Crippen molar-refractivity contribution in [3.8, 4) is 5.69 Å². The van der Waals surface area contributed by atoms with Crippen LogP contribution in [-0.2, 0) is 4.74 Å². The summed E-state index contributed by atoms with van der Waals surface area (Å²) < 4.78 is 44.6. The summed E-state index contributed by atoms with van der Waals surface area (Å²) in [6, 6.07) is 4.61. The number of hydrogen-bond acceptors (Lipinski definition) is 4. The van der Waals surface area contributed by atoms with Gasteiger partial charge in [0.05, 0.1) is 23.7 Å². The van der Waals surface area contributed by atoms with E-state index in [0.717, 1.165) is 4.90 Å². The Morgan fingerprint density at radius 2 is 2.00 bits per heavy atom. The molecular weight excluding hydrogens is 349 g/mol. The highest BCUT2D eigenvalue weighted by Crippen LogP contribution is 2.27. The molecule has 6 nitrogen and oxygen atoms in total. The van der Waals surface area contributed by atoms with E-state index < -0.39 is 24.7 Å². The van der Waals surface area contributed by atoms with Crippen LogP contribution in [0.1, 0.15) is 10.4 Å². The van der Waals surface area contributed by atoms with Crippen LogP contribution in [0.3, 0.4) is 0 Å². The van der Waals surface area contributed by atoms with Gasteiger partial charge in [0.15, 0.2) is 6.10 Å². The monoisotopic (exact) mass is 360 g/mol. The summed E-state index contributed by atoms with van der Waals surface area (Å²) in [5.74, 6) is -0.562. The van der Waals surface area contributed by atoms with E-state index in [1.807, 2.05) is 0 Å². The molecule has 1 saturated heterocycles. The van der Waals surface area contributed by atoms with Crippen LogP contribution in [0.25, 0.3) is 5.69 Å². The third-order valence-corrected chi connectivity index (χ3v) is 3.93. The first-order valence-corrected chi connectivity index (χ1v) is 7.36. The number of rotatable bonds is 2. The van der Waals surface area contributed by atoms with E-state index in [9.17, 15) is 18.0 Å². The number of ether oxygens (including phenoxy) is 1. The van der Waals surface area contributed by atoms with Gasteiger partial charge in [-0.05, 0) is 18.2 Å². The Morgan fingerprint density at radius 3 is 2.62 bits per heavy atom. The number of hydrogen-bond donors (Lipinski definition) is 0. The Balaban J connectivity index is 1.80. The molecule has 128 valence electrons. The first-order chi connectivity index (χ1) is 11.4. The molecule has 1 aromatic carbocycles. The minimum Gasteiger partial charge on any atom is -0.365 e. The number of alkyl halides is 3. The lowest BCUT2D eigenvalue weighted by molar-refractivity contribution is -0.233. The second-order valence-corrected chi connectivity index (χ2v) is 5.59. The third kappa shape index (κ3) is 3.36. The van der Waals surface area contributed by atoms with Crippen molar-refractivity contribution in [1.82, 2.24) is 19.7 Å². The number of benzene rings is 1. The second-order valence-electron chi connectivity index (χ2n) is 5.19. The minimum atomic E-state index is -4.51. The third-order valence-electron chi connectivity index (χ3n) is 3.62. The number of halogens is 4. The summed E-state index contributed by atoms with van der Waals surface area (Å²) in [5, 5.41) is 7.47. The standard InChI is InChI=1S/C14H12ClF3N4O2/c15-11-5-9(22-7-19-20-8-22)1-2-10(11)13(23)21-3-4-24-12(6-21)14(16,17)18/h1-2,5,7-8,12H,3-4,6H2/t12-/m0/s1. The van der Waals surface area contributed by atoms with Gasteiger partial charge in [0.25, 0.3) is 5.91 Å².